The molecule has 0 spiro atoms. The van der Waals surface area contributed by atoms with Crippen molar-refractivity contribution >= 4 is 12.4 Å². The summed E-state index contributed by atoms with van der Waals surface area (Å²) in [6.07, 6.45) is 0.382. The fraction of sp³-hybridized carbons (Fsp3) is 0.294. The highest BCUT2D eigenvalue weighted by Gasteiger charge is 2.08. The molecule has 0 saturated heterocycles. The van der Waals surface area contributed by atoms with Gasteiger partial charge in [0.05, 0.1) is 6.10 Å². The minimum absolute atomic E-state index is 0. The molecule has 0 radical (unpaired) electrons. The van der Waals surface area contributed by atoms with E-state index >= 15 is 0 Å². The van der Waals surface area contributed by atoms with Gasteiger partial charge in [0.25, 0.3) is 0 Å². The van der Waals surface area contributed by atoms with Crippen molar-refractivity contribution in [2.24, 2.45) is 0 Å². The van der Waals surface area contributed by atoms with Crippen LogP contribution in [0.15, 0.2) is 60.7 Å². The molecule has 0 aromatic heterocycles. The number of benzene rings is 2. The number of halogens is 1. The Labute approximate surface area is 127 Å². The predicted octanol–water partition coefficient (Wildman–Crippen LogP) is 3.66. The van der Waals surface area contributed by atoms with E-state index in [-0.39, 0.29) is 18.5 Å². The Bertz CT molecular complexity index is 475. The standard InChI is InChI=1S/C17H21NO.ClH/c1-18(14-15-8-4-2-5-9-15)13-12-17(19)16-10-6-3-7-11-16;/h2-11,17,19H,12-14H2,1H3;1H. The summed E-state index contributed by atoms with van der Waals surface area (Å²) in [6.45, 7) is 1.80. The third-order valence-electron chi connectivity index (χ3n) is 3.26. The molecule has 108 valence electrons. The van der Waals surface area contributed by atoms with Crippen molar-refractivity contribution in [3.05, 3.63) is 71.8 Å². The largest absolute Gasteiger partial charge is 0.388 e. The molecule has 0 aliphatic carbocycles. The quantitative estimate of drug-likeness (QED) is 0.878. The van der Waals surface area contributed by atoms with E-state index in [0.29, 0.717) is 0 Å². The van der Waals surface area contributed by atoms with Gasteiger partial charge in [-0.25, -0.2) is 0 Å². The Hall–Kier alpha value is -1.35. The number of hydrogen-bond donors (Lipinski definition) is 1. The minimum atomic E-state index is -0.376. The van der Waals surface area contributed by atoms with Crippen LogP contribution < -0.4 is 0 Å². The van der Waals surface area contributed by atoms with Crippen molar-refractivity contribution < 1.29 is 5.11 Å². The molecule has 1 atom stereocenters. The van der Waals surface area contributed by atoms with Crippen molar-refractivity contribution in [3.63, 3.8) is 0 Å². The van der Waals surface area contributed by atoms with Gasteiger partial charge in [-0.1, -0.05) is 60.7 Å². The molecule has 2 aromatic rings. The van der Waals surface area contributed by atoms with Crippen LogP contribution in [-0.2, 0) is 6.54 Å². The number of nitrogens with zero attached hydrogens (tertiary/aromatic N) is 1. The van der Waals surface area contributed by atoms with Gasteiger partial charge in [-0.3, -0.25) is 0 Å². The summed E-state index contributed by atoms with van der Waals surface area (Å²) < 4.78 is 0. The number of aliphatic hydroxyl groups excluding tert-OH is 1. The van der Waals surface area contributed by atoms with Crippen LogP contribution in [0.3, 0.4) is 0 Å². The summed E-state index contributed by atoms with van der Waals surface area (Å²) in [5.41, 5.74) is 2.30. The van der Waals surface area contributed by atoms with Crippen molar-refractivity contribution in [1.29, 1.82) is 0 Å². The molecular weight excluding hydrogens is 270 g/mol. The van der Waals surface area contributed by atoms with Crippen molar-refractivity contribution in [2.45, 2.75) is 19.1 Å². The Balaban J connectivity index is 0.00000200. The van der Waals surface area contributed by atoms with E-state index < -0.39 is 0 Å². The van der Waals surface area contributed by atoms with Crippen LogP contribution >= 0.6 is 12.4 Å². The summed E-state index contributed by atoms with van der Waals surface area (Å²) in [4.78, 5) is 2.24. The zero-order valence-corrected chi connectivity index (χ0v) is 12.6. The zero-order chi connectivity index (χ0) is 13.5. The highest BCUT2D eigenvalue weighted by molar-refractivity contribution is 5.85. The van der Waals surface area contributed by atoms with Gasteiger partial charge in [0, 0.05) is 13.1 Å². The monoisotopic (exact) mass is 291 g/mol. The van der Waals surface area contributed by atoms with E-state index in [2.05, 4.69) is 36.2 Å². The Kier molecular flexibility index (Phi) is 7.31. The second-order valence-electron chi connectivity index (χ2n) is 4.94. The fourth-order valence-corrected chi connectivity index (χ4v) is 2.16. The Morgan fingerprint density at radius 2 is 1.50 bits per heavy atom. The lowest BCUT2D eigenvalue weighted by Gasteiger charge is -2.19. The first-order valence-corrected chi connectivity index (χ1v) is 6.71. The molecular formula is C17H22ClNO. The lowest BCUT2D eigenvalue weighted by atomic mass is 10.1. The number of rotatable bonds is 6. The highest BCUT2D eigenvalue weighted by Crippen LogP contribution is 2.16. The van der Waals surface area contributed by atoms with Gasteiger partial charge in [0.2, 0.25) is 0 Å². The summed E-state index contributed by atoms with van der Waals surface area (Å²) in [6, 6.07) is 20.3. The molecule has 0 aliphatic rings. The van der Waals surface area contributed by atoms with Crippen LogP contribution in [0.4, 0.5) is 0 Å². The van der Waals surface area contributed by atoms with Crippen LogP contribution in [0.2, 0.25) is 0 Å². The average molecular weight is 292 g/mol. The fourth-order valence-electron chi connectivity index (χ4n) is 2.16. The lowest BCUT2D eigenvalue weighted by Crippen LogP contribution is -2.20. The van der Waals surface area contributed by atoms with Gasteiger partial charge in [-0.15, -0.1) is 12.4 Å². The Morgan fingerprint density at radius 1 is 0.950 bits per heavy atom. The average Bonchev–Trinajstić information content (AvgIpc) is 2.47. The van der Waals surface area contributed by atoms with E-state index in [4.69, 9.17) is 0 Å². The molecule has 2 aromatic carbocycles. The molecule has 3 heteroatoms. The SMILES string of the molecule is CN(CCC(O)c1ccccc1)Cc1ccccc1.Cl. The van der Waals surface area contributed by atoms with Crippen LogP contribution in [-0.4, -0.2) is 23.6 Å². The molecule has 1 N–H and O–H groups in total. The maximum atomic E-state index is 10.1. The first-order valence-electron chi connectivity index (χ1n) is 6.71. The smallest absolute Gasteiger partial charge is 0.0802 e. The molecule has 0 fully saturated rings. The molecule has 1 unspecified atom stereocenters. The predicted molar refractivity (Wildman–Crippen MR) is 86.0 cm³/mol. The van der Waals surface area contributed by atoms with Gasteiger partial charge in [-0.05, 0) is 24.6 Å². The zero-order valence-electron chi connectivity index (χ0n) is 11.8. The summed E-state index contributed by atoms with van der Waals surface area (Å²) in [5, 5.41) is 10.1. The third-order valence-corrected chi connectivity index (χ3v) is 3.26. The van der Waals surface area contributed by atoms with Gasteiger partial charge in [0.1, 0.15) is 0 Å². The topological polar surface area (TPSA) is 23.5 Å². The molecule has 2 nitrogen and oxygen atoms in total. The van der Waals surface area contributed by atoms with Crippen LogP contribution in [0.5, 0.6) is 0 Å². The highest BCUT2D eigenvalue weighted by atomic mass is 35.5. The summed E-state index contributed by atoms with van der Waals surface area (Å²) in [7, 11) is 2.09. The molecule has 20 heavy (non-hydrogen) atoms. The normalized spacial score (nSPS) is 11.9. The molecule has 0 saturated carbocycles. The van der Waals surface area contributed by atoms with Gasteiger partial charge >= 0.3 is 0 Å². The number of aliphatic hydroxyl groups is 1. The number of hydrogen-bond acceptors (Lipinski definition) is 2. The van der Waals surface area contributed by atoms with Crippen LogP contribution in [0.1, 0.15) is 23.7 Å². The summed E-state index contributed by atoms with van der Waals surface area (Å²) >= 11 is 0. The van der Waals surface area contributed by atoms with Gasteiger partial charge in [0.15, 0.2) is 0 Å². The van der Waals surface area contributed by atoms with Crippen molar-refractivity contribution in [1.82, 2.24) is 4.90 Å². The van der Waals surface area contributed by atoms with E-state index in [1.807, 2.05) is 36.4 Å². The molecule has 2 rings (SSSR count). The first-order chi connectivity index (χ1) is 9.25. The first kappa shape index (κ1) is 16.7. The van der Waals surface area contributed by atoms with Crippen molar-refractivity contribution in [2.75, 3.05) is 13.6 Å². The van der Waals surface area contributed by atoms with Gasteiger partial charge < -0.3 is 10.0 Å². The Morgan fingerprint density at radius 3 is 2.10 bits per heavy atom. The van der Waals surface area contributed by atoms with E-state index in [1.54, 1.807) is 0 Å². The van der Waals surface area contributed by atoms with Crippen LogP contribution in [0, 0.1) is 0 Å². The maximum Gasteiger partial charge on any atom is 0.0802 e. The van der Waals surface area contributed by atoms with E-state index in [1.165, 1.54) is 5.56 Å². The lowest BCUT2D eigenvalue weighted by molar-refractivity contribution is 0.147. The third kappa shape index (κ3) is 5.33. The summed E-state index contributed by atoms with van der Waals surface area (Å²) in [5.74, 6) is 0. The van der Waals surface area contributed by atoms with Gasteiger partial charge in [-0.2, -0.15) is 0 Å². The minimum Gasteiger partial charge on any atom is -0.388 e. The second-order valence-corrected chi connectivity index (χ2v) is 4.94. The maximum absolute atomic E-state index is 10.1. The molecule has 0 aliphatic heterocycles. The van der Waals surface area contributed by atoms with Crippen molar-refractivity contribution in [3.8, 4) is 0 Å². The molecule has 0 heterocycles. The second kappa shape index (κ2) is 8.75. The van der Waals surface area contributed by atoms with E-state index in [9.17, 15) is 5.11 Å². The molecule has 0 bridgehead atoms. The molecule has 0 amide bonds. The van der Waals surface area contributed by atoms with Crippen LogP contribution in [0.25, 0.3) is 0 Å². The van der Waals surface area contributed by atoms with E-state index in [0.717, 1.165) is 25.1 Å².